The lowest BCUT2D eigenvalue weighted by Gasteiger charge is -2.31. The number of fused-ring (bicyclic) bond motifs is 12. The third-order valence-electron chi connectivity index (χ3n) is 11.5. The molecule has 0 radical (unpaired) electrons. The molecule has 266 valence electrons. The van der Waals surface area contributed by atoms with Crippen molar-refractivity contribution >= 4 is 22.6 Å². The Morgan fingerprint density at radius 1 is 0.455 bits per heavy atom. The van der Waals surface area contributed by atoms with Crippen molar-refractivity contribution in [1.82, 2.24) is 9.97 Å². The first kappa shape index (κ1) is 32.1. The molecule has 0 amide bonds. The maximum absolute atomic E-state index is 6.00. The summed E-state index contributed by atoms with van der Waals surface area (Å²) in [5, 5.41) is 2.40. The zero-order valence-corrected chi connectivity index (χ0v) is 31.2. The van der Waals surface area contributed by atoms with Crippen LogP contribution in [-0.2, 0) is 14.9 Å². The fourth-order valence-corrected chi connectivity index (χ4v) is 9.16. The molecule has 2 aliphatic carbocycles. The van der Waals surface area contributed by atoms with Gasteiger partial charge in [0, 0.05) is 11.1 Å². The standard InChI is InChI=1S/C49H38N4O2/c1-47(2)27-54-45(52-47)42-17-9-15-40(50-42)30-20-22-32-29(25-30)19-24-36-35-23-21-31(41-16-10-18-43(51-41)46-53-48(3,4)28-55-46)26-39(35)49(44(32)36)37-13-7-5-11-33(37)34-12-6-8-14-38(34)49/h5-26H,27-28H2,1-4H3. The predicted octanol–water partition coefficient (Wildman–Crippen LogP) is 10.4. The van der Waals surface area contributed by atoms with E-state index in [1.54, 1.807) is 0 Å². The summed E-state index contributed by atoms with van der Waals surface area (Å²) in [7, 11) is 0. The van der Waals surface area contributed by atoms with E-state index in [1.807, 2.05) is 18.2 Å². The molecule has 0 N–H and O–H groups in total. The molecule has 55 heavy (non-hydrogen) atoms. The lowest BCUT2D eigenvalue weighted by Crippen LogP contribution is -2.26. The molecule has 1 spiro atoms. The molecule has 11 rings (SSSR count). The van der Waals surface area contributed by atoms with Gasteiger partial charge in [0.2, 0.25) is 11.8 Å². The van der Waals surface area contributed by atoms with Crippen LogP contribution in [0.1, 0.15) is 61.3 Å². The van der Waals surface area contributed by atoms with Gasteiger partial charge in [0.25, 0.3) is 0 Å². The van der Waals surface area contributed by atoms with Gasteiger partial charge in [-0.3, -0.25) is 0 Å². The molecule has 6 heteroatoms. The van der Waals surface area contributed by atoms with Gasteiger partial charge in [-0.25, -0.2) is 20.0 Å². The highest BCUT2D eigenvalue weighted by Crippen LogP contribution is 2.64. The van der Waals surface area contributed by atoms with E-state index in [0.29, 0.717) is 25.0 Å². The zero-order valence-electron chi connectivity index (χ0n) is 31.2. The predicted molar refractivity (Wildman–Crippen MR) is 220 cm³/mol. The maximum Gasteiger partial charge on any atom is 0.236 e. The summed E-state index contributed by atoms with van der Waals surface area (Å²) in [6.07, 6.45) is 0. The number of aromatic nitrogens is 2. The van der Waals surface area contributed by atoms with Crippen molar-refractivity contribution < 1.29 is 9.47 Å². The highest BCUT2D eigenvalue weighted by Gasteiger charge is 2.52. The van der Waals surface area contributed by atoms with Crippen molar-refractivity contribution in [3.8, 4) is 44.8 Å². The van der Waals surface area contributed by atoms with Crippen LogP contribution < -0.4 is 0 Å². The van der Waals surface area contributed by atoms with Crippen molar-refractivity contribution in [3.05, 3.63) is 167 Å². The highest BCUT2D eigenvalue weighted by molar-refractivity contribution is 6.05. The van der Waals surface area contributed by atoms with E-state index >= 15 is 0 Å². The molecule has 0 unspecified atom stereocenters. The van der Waals surface area contributed by atoms with Crippen LogP contribution in [0.3, 0.4) is 0 Å². The summed E-state index contributed by atoms with van der Waals surface area (Å²) in [5.74, 6) is 1.21. The van der Waals surface area contributed by atoms with Crippen LogP contribution in [0, 0.1) is 0 Å². The minimum atomic E-state index is -0.530. The smallest absolute Gasteiger partial charge is 0.236 e. The average Bonchev–Trinajstić information content (AvgIpc) is 3.94. The fourth-order valence-electron chi connectivity index (χ4n) is 9.16. The van der Waals surface area contributed by atoms with Crippen LogP contribution in [-0.4, -0.2) is 46.1 Å². The summed E-state index contributed by atoms with van der Waals surface area (Å²) >= 11 is 0. The number of hydrogen-bond donors (Lipinski definition) is 0. The first-order chi connectivity index (χ1) is 26.7. The van der Waals surface area contributed by atoms with E-state index in [9.17, 15) is 0 Å². The van der Waals surface area contributed by atoms with E-state index in [2.05, 4.69) is 143 Å². The second-order valence-corrected chi connectivity index (χ2v) is 16.4. The van der Waals surface area contributed by atoms with Gasteiger partial charge in [0.1, 0.15) is 24.6 Å². The number of benzene rings is 5. The van der Waals surface area contributed by atoms with Crippen LogP contribution >= 0.6 is 0 Å². The molecular formula is C49H38N4O2. The quantitative estimate of drug-likeness (QED) is 0.182. The lowest BCUT2D eigenvalue weighted by atomic mass is 9.69. The van der Waals surface area contributed by atoms with Crippen molar-refractivity contribution in [2.45, 2.75) is 44.2 Å². The second-order valence-electron chi connectivity index (χ2n) is 16.4. The van der Waals surface area contributed by atoms with Gasteiger partial charge in [0.05, 0.1) is 27.9 Å². The molecule has 0 saturated heterocycles. The molecule has 2 aliphatic heterocycles. The Morgan fingerprint density at radius 3 is 1.55 bits per heavy atom. The molecule has 2 aromatic heterocycles. The number of aliphatic imine (C=N–C) groups is 2. The summed E-state index contributed by atoms with van der Waals surface area (Å²) in [5.41, 5.74) is 14.6. The van der Waals surface area contributed by atoms with Crippen LogP contribution in [0.15, 0.2) is 143 Å². The van der Waals surface area contributed by atoms with E-state index in [4.69, 9.17) is 29.4 Å². The van der Waals surface area contributed by atoms with E-state index in [-0.39, 0.29) is 11.1 Å². The minimum absolute atomic E-state index is 0.250. The van der Waals surface area contributed by atoms with Crippen LogP contribution in [0.4, 0.5) is 0 Å². The molecule has 4 heterocycles. The minimum Gasteiger partial charge on any atom is -0.474 e. The lowest BCUT2D eigenvalue weighted by molar-refractivity contribution is 0.279. The molecule has 7 aromatic rings. The summed E-state index contributed by atoms with van der Waals surface area (Å²) in [6, 6.07) is 48.4. The number of hydrogen-bond acceptors (Lipinski definition) is 6. The van der Waals surface area contributed by atoms with Crippen molar-refractivity contribution in [2.24, 2.45) is 9.98 Å². The van der Waals surface area contributed by atoms with Crippen molar-refractivity contribution in [1.29, 1.82) is 0 Å². The Morgan fingerprint density at radius 2 is 0.964 bits per heavy atom. The van der Waals surface area contributed by atoms with Crippen molar-refractivity contribution in [3.63, 3.8) is 0 Å². The topological polar surface area (TPSA) is 69.0 Å². The monoisotopic (exact) mass is 714 g/mol. The fraction of sp³-hybridized carbons (Fsp3) is 0.184. The van der Waals surface area contributed by atoms with Gasteiger partial charge in [-0.15, -0.1) is 0 Å². The number of pyridine rings is 2. The number of ether oxygens (including phenoxy) is 2. The Hall–Kier alpha value is -6.40. The van der Waals surface area contributed by atoms with E-state index < -0.39 is 5.41 Å². The van der Waals surface area contributed by atoms with Gasteiger partial charge in [-0.05, 0) is 119 Å². The van der Waals surface area contributed by atoms with Gasteiger partial charge in [-0.1, -0.05) is 97.1 Å². The summed E-state index contributed by atoms with van der Waals surface area (Å²) in [6.45, 7) is 9.43. The third-order valence-corrected chi connectivity index (χ3v) is 11.5. The number of nitrogens with zero attached hydrogens (tertiary/aromatic N) is 4. The van der Waals surface area contributed by atoms with Gasteiger partial charge < -0.3 is 9.47 Å². The van der Waals surface area contributed by atoms with Crippen LogP contribution in [0.5, 0.6) is 0 Å². The van der Waals surface area contributed by atoms with E-state index in [0.717, 1.165) is 33.9 Å². The zero-order chi connectivity index (χ0) is 37.1. The van der Waals surface area contributed by atoms with Gasteiger partial charge in [0.15, 0.2) is 0 Å². The third kappa shape index (κ3) is 4.73. The molecule has 4 aliphatic rings. The molecule has 0 atom stereocenters. The Bertz CT molecular complexity index is 2800. The second kappa shape index (κ2) is 11.3. The maximum atomic E-state index is 6.00. The van der Waals surface area contributed by atoms with Crippen LogP contribution in [0.25, 0.3) is 55.5 Å². The highest BCUT2D eigenvalue weighted by atomic mass is 16.5. The van der Waals surface area contributed by atoms with E-state index in [1.165, 1.54) is 55.3 Å². The number of rotatable bonds is 4. The van der Waals surface area contributed by atoms with Crippen LogP contribution in [0.2, 0.25) is 0 Å². The first-order valence-electron chi connectivity index (χ1n) is 19.0. The first-order valence-corrected chi connectivity index (χ1v) is 19.0. The molecule has 0 saturated carbocycles. The molecule has 0 bridgehead atoms. The SMILES string of the molecule is CC1(C)COC(c2cccc(-c3ccc4c(c3)C3(c5ccccc5-c5ccccc53)c3c-4ccc4cc(-c5cccc(C6=NC(C)(C)CO6)n5)ccc34)n2)=N1. The van der Waals surface area contributed by atoms with Gasteiger partial charge in [-0.2, -0.15) is 0 Å². The normalized spacial score (nSPS) is 17.5. The molecular weight excluding hydrogens is 677 g/mol. The molecule has 0 fully saturated rings. The summed E-state index contributed by atoms with van der Waals surface area (Å²) in [4.78, 5) is 19.8. The molecule has 5 aromatic carbocycles. The largest absolute Gasteiger partial charge is 0.474 e. The Labute approximate surface area is 320 Å². The van der Waals surface area contributed by atoms with Crippen molar-refractivity contribution in [2.75, 3.05) is 13.2 Å². The Balaban J connectivity index is 1.11. The Kier molecular flexibility index (Phi) is 6.59. The average molecular weight is 715 g/mol. The summed E-state index contributed by atoms with van der Waals surface area (Å²) < 4.78 is 12.0. The van der Waals surface area contributed by atoms with Gasteiger partial charge >= 0.3 is 0 Å². The molecule has 6 nitrogen and oxygen atoms in total.